The zero-order valence-corrected chi connectivity index (χ0v) is 24.7. The van der Waals surface area contributed by atoms with E-state index >= 15 is 0 Å². The maximum atomic E-state index is 14.9. The van der Waals surface area contributed by atoms with E-state index in [0.717, 1.165) is 4.57 Å². The van der Waals surface area contributed by atoms with E-state index in [1.54, 1.807) is 31.2 Å². The van der Waals surface area contributed by atoms with E-state index in [4.69, 9.17) is 4.74 Å². The molecule has 0 spiro atoms. The van der Waals surface area contributed by atoms with Crippen molar-refractivity contribution in [3.63, 3.8) is 0 Å². The van der Waals surface area contributed by atoms with Crippen LogP contribution in [0, 0.1) is 19.7 Å². The molecule has 2 fully saturated rings. The van der Waals surface area contributed by atoms with Crippen LogP contribution in [0.15, 0.2) is 56.8 Å². The number of hydrogen-bond donors (Lipinski definition) is 2. The van der Waals surface area contributed by atoms with Crippen molar-refractivity contribution >= 4 is 38.3 Å². The van der Waals surface area contributed by atoms with Gasteiger partial charge in [0.25, 0.3) is 11.1 Å². The number of aromatic nitrogens is 3. The summed E-state index contributed by atoms with van der Waals surface area (Å²) in [4.78, 5) is 41.5. The minimum atomic E-state index is -3.91. The van der Waals surface area contributed by atoms with E-state index in [1.165, 1.54) is 45.6 Å². The first kappa shape index (κ1) is 28.8. The SMILES string of the molecule is Cc1ccc(Nc2c3c(=O)n(C4CC4)c(=O)n(-c4cccc(NS(=O)(=O)N5CCOCC5)c4)c3c(C)c(=O)n2C)c(F)c1. The number of rotatable bonds is 7. The molecule has 0 unspecified atom stereocenters. The van der Waals surface area contributed by atoms with Crippen molar-refractivity contribution < 1.29 is 17.5 Å². The average molecular weight is 611 g/mol. The Morgan fingerprint density at radius 1 is 0.977 bits per heavy atom. The van der Waals surface area contributed by atoms with E-state index in [9.17, 15) is 27.2 Å². The van der Waals surface area contributed by atoms with Crippen LogP contribution in [0.5, 0.6) is 0 Å². The Kier molecular flexibility index (Phi) is 7.22. The predicted octanol–water partition coefficient (Wildman–Crippen LogP) is 2.67. The third kappa shape index (κ3) is 5.15. The molecule has 0 bridgehead atoms. The number of nitrogens with zero attached hydrogens (tertiary/aromatic N) is 4. The molecule has 14 heteroatoms. The first-order valence-electron chi connectivity index (χ1n) is 13.9. The van der Waals surface area contributed by atoms with Gasteiger partial charge in [-0.2, -0.15) is 12.7 Å². The highest BCUT2D eigenvalue weighted by atomic mass is 32.2. The number of aryl methyl sites for hydroxylation is 2. The minimum absolute atomic E-state index is 0.0328. The molecule has 226 valence electrons. The summed E-state index contributed by atoms with van der Waals surface area (Å²) in [6.45, 7) is 4.22. The van der Waals surface area contributed by atoms with Gasteiger partial charge in [-0.1, -0.05) is 12.1 Å². The third-order valence-electron chi connectivity index (χ3n) is 7.79. The lowest BCUT2D eigenvalue weighted by Crippen LogP contribution is -2.43. The van der Waals surface area contributed by atoms with Gasteiger partial charge in [0.05, 0.1) is 35.8 Å². The molecular weight excluding hydrogens is 579 g/mol. The molecule has 2 aromatic carbocycles. The standard InChI is InChI=1S/C29H31FN6O6S/c1-17-7-10-23(22(30)15-17)31-26-24-25(18(2)27(37)33(26)3)35(29(39)36(28(24)38)20-8-9-20)21-6-4-5-19(16-21)32-43(40,41)34-11-13-42-14-12-34/h4-7,10,15-16,20,31-32H,8-9,11-14H2,1-3H3. The molecule has 2 aromatic heterocycles. The number of hydrogen-bond acceptors (Lipinski definition) is 7. The number of halogens is 1. The topological polar surface area (TPSA) is 137 Å². The third-order valence-corrected chi connectivity index (χ3v) is 9.33. The summed E-state index contributed by atoms with van der Waals surface area (Å²) in [6.07, 6.45) is 1.25. The smallest absolute Gasteiger partial charge is 0.336 e. The molecule has 12 nitrogen and oxygen atoms in total. The second-order valence-corrected chi connectivity index (χ2v) is 12.5. The second kappa shape index (κ2) is 10.8. The highest BCUT2D eigenvalue weighted by Crippen LogP contribution is 2.34. The lowest BCUT2D eigenvalue weighted by molar-refractivity contribution is 0.0733. The van der Waals surface area contributed by atoms with Crippen LogP contribution in [0.2, 0.25) is 0 Å². The molecule has 1 aliphatic heterocycles. The first-order valence-corrected chi connectivity index (χ1v) is 15.3. The fourth-order valence-electron chi connectivity index (χ4n) is 5.41. The van der Waals surface area contributed by atoms with E-state index in [-0.39, 0.29) is 71.7 Å². The van der Waals surface area contributed by atoms with Crippen LogP contribution in [0.25, 0.3) is 16.6 Å². The number of ether oxygens (including phenoxy) is 1. The van der Waals surface area contributed by atoms with E-state index in [2.05, 4.69) is 10.0 Å². The summed E-state index contributed by atoms with van der Waals surface area (Å²) in [5.41, 5.74) is -0.385. The van der Waals surface area contributed by atoms with Crippen LogP contribution in [0.3, 0.4) is 0 Å². The van der Waals surface area contributed by atoms with E-state index < -0.39 is 32.8 Å². The van der Waals surface area contributed by atoms with Gasteiger partial charge in [-0.25, -0.2) is 9.18 Å². The lowest BCUT2D eigenvalue weighted by Gasteiger charge is -2.26. The molecule has 1 aliphatic carbocycles. The van der Waals surface area contributed by atoms with Crippen LogP contribution >= 0.6 is 0 Å². The molecule has 6 rings (SSSR count). The van der Waals surface area contributed by atoms with Crippen molar-refractivity contribution in [2.75, 3.05) is 36.3 Å². The number of morpholine rings is 1. The van der Waals surface area contributed by atoms with Gasteiger partial charge in [-0.15, -0.1) is 0 Å². The van der Waals surface area contributed by atoms with Gasteiger partial charge in [-0.3, -0.25) is 28.0 Å². The number of anilines is 3. The van der Waals surface area contributed by atoms with Crippen LogP contribution in [0.1, 0.15) is 30.0 Å². The molecule has 1 saturated heterocycles. The Bertz CT molecular complexity index is 2060. The van der Waals surface area contributed by atoms with Crippen molar-refractivity contribution in [1.82, 2.24) is 18.0 Å². The average Bonchev–Trinajstić information content (AvgIpc) is 3.81. The van der Waals surface area contributed by atoms with Gasteiger partial charge >= 0.3 is 15.9 Å². The van der Waals surface area contributed by atoms with Gasteiger partial charge in [0.2, 0.25) is 0 Å². The Labute approximate surface area is 246 Å². The molecule has 0 atom stereocenters. The Hall–Kier alpha value is -4.27. The Morgan fingerprint density at radius 3 is 2.37 bits per heavy atom. The van der Waals surface area contributed by atoms with Crippen molar-refractivity contribution in [2.24, 2.45) is 7.05 Å². The summed E-state index contributed by atoms with van der Waals surface area (Å²) >= 11 is 0. The number of benzene rings is 2. The van der Waals surface area contributed by atoms with Crippen LogP contribution in [-0.2, 0) is 22.0 Å². The van der Waals surface area contributed by atoms with Crippen molar-refractivity contribution in [3.05, 3.63) is 90.6 Å². The normalized spacial score (nSPS) is 16.0. The predicted molar refractivity (Wildman–Crippen MR) is 161 cm³/mol. The first-order chi connectivity index (χ1) is 20.5. The van der Waals surface area contributed by atoms with Crippen LogP contribution < -0.4 is 26.8 Å². The van der Waals surface area contributed by atoms with Gasteiger partial charge in [0, 0.05) is 31.7 Å². The summed E-state index contributed by atoms with van der Waals surface area (Å²) in [5.74, 6) is -0.539. The van der Waals surface area contributed by atoms with Crippen molar-refractivity contribution in [1.29, 1.82) is 0 Å². The molecule has 2 aliphatic rings. The second-order valence-electron chi connectivity index (χ2n) is 10.9. The molecule has 4 aromatic rings. The summed E-state index contributed by atoms with van der Waals surface area (Å²) in [6, 6.07) is 10.4. The van der Waals surface area contributed by atoms with Crippen LogP contribution in [-0.4, -0.2) is 52.7 Å². The minimum Gasteiger partial charge on any atom is -0.379 e. The van der Waals surface area contributed by atoms with Crippen molar-refractivity contribution in [2.45, 2.75) is 32.7 Å². The molecular formula is C29H31FN6O6S. The quantitative estimate of drug-likeness (QED) is 0.328. The zero-order chi connectivity index (χ0) is 30.6. The molecule has 1 saturated carbocycles. The molecule has 0 radical (unpaired) electrons. The number of pyridine rings is 1. The van der Waals surface area contributed by atoms with Gasteiger partial charge in [0.15, 0.2) is 0 Å². The van der Waals surface area contributed by atoms with Crippen LogP contribution in [0.4, 0.5) is 21.6 Å². The highest BCUT2D eigenvalue weighted by molar-refractivity contribution is 7.90. The van der Waals surface area contributed by atoms with Gasteiger partial charge in [0.1, 0.15) is 17.0 Å². The lowest BCUT2D eigenvalue weighted by atomic mass is 10.1. The largest absolute Gasteiger partial charge is 0.379 e. The van der Waals surface area contributed by atoms with Crippen molar-refractivity contribution in [3.8, 4) is 5.69 Å². The monoisotopic (exact) mass is 610 g/mol. The fourth-order valence-corrected chi connectivity index (χ4v) is 6.60. The summed E-state index contributed by atoms with van der Waals surface area (Å²) in [7, 11) is -2.44. The molecule has 43 heavy (non-hydrogen) atoms. The fraction of sp³-hybridized carbons (Fsp3) is 0.345. The number of nitrogens with one attached hydrogen (secondary N) is 2. The molecule has 0 amide bonds. The maximum Gasteiger partial charge on any atom is 0.336 e. The summed E-state index contributed by atoms with van der Waals surface area (Å²) < 4.78 is 53.8. The number of fused-ring (bicyclic) bond motifs is 1. The Balaban J connectivity index is 1.59. The zero-order valence-electron chi connectivity index (χ0n) is 23.9. The molecule has 2 N–H and O–H groups in total. The molecule has 3 heterocycles. The van der Waals surface area contributed by atoms with E-state index in [1.807, 2.05) is 0 Å². The van der Waals surface area contributed by atoms with Gasteiger partial charge in [-0.05, 0) is 62.6 Å². The maximum absolute atomic E-state index is 14.9. The Morgan fingerprint density at radius 2 is 1.70 bits per heavy atom. The summed E-state index contributed by atoms with van der Waals surface area (Å²) in [5, 5.41) is 2.97. The van der Waals surface area contributed by atoms with Gasteiger partial charge < -0.3 is 10.1 Å². The van der Waals surface area contributed by atoms with E-state index in [0.29, 0.717) is 18.4 Å². The highest BCUT2D eigenvalue weighted by Gasteiger charge is 2.32.